The predicted molar refractivity (Wildman–Crippen MR) is 120 cm³/mol. The van der Waals surface area contributed by atoms with Crippen LogP contribution >= 0.6 is 0 Å². The van der Waals surface area contributed by atoms with Gasteiger partial charge in [0.15, 0.2) is 0 Å². The predicted octanol–water partition coefficient (Wildman–Crippen LogP) is 3.80. The fraction of sp³-hybridized carbons (Fsp3) is 0.417. The summed E-state index contributed by atoms with van der Waals surface area (Å²) >= 11 is 0. The van der Waals surface area contributed by atoms with Gasteiger partial charge in [-0.05, 0) is 69.6 Å². The Kier molecular flexibility index (Phi) is 7.83. The second kappa shape index (κ2) is 10.4. The first-order valence-corrected chi connectivity index (χ1v) is 10.9. The smallest absolute Gasteiger partial charge is 0.471 e. The Labute approximate surface area is 195 Å². The molecule has 0 unspecified atom stereocenters. The molecule has 3 rings (SSSR count). The number of nitrogens with zero attached hydrogens (tertiary/aromatic N) is 1. The van der Waals surface area contributed by atoms with Crippen LogP contribution in [0.4, 0.5) is 18.9 Å². The van der Waals surface area contributed by atoms with Gasteiger partial charge in [-0.15, -0.1) is 0 Å². The molecule has 10 heteroatoms. The third-order valence-corrected chi connectivity index (χ3v) is 5.85. The topological polar surface area (TPSA) is 90.9 Å². The number of rotatable bonds is 7. The van der Waals surface area contributed by atoms with Gasteiger partial charge < -0.3 is 10.1 Å². The van der Waals surface area contributed by atoms with E-state index in [2.05, 4.69) is 5.32 Å². The van der Waals surface area contributed by atoms with Crippen molar-refractivity contribution in [1.82, 2.24) is 10.8 Å². The summed E-state index contributed by atoms with van der Waals surface area (Å²) in [5.41, 5.74) is 3.16. The quantitative estimate of drug-likeness (QED) is 0.415. The first-order chi connectivity index (χ1) is 16.0. The maximum absolute atomic E-state index is 13.6. The van der Waals surface area contributed by atoms with Gasteiger partial charge in [0.25, 0.3) is 0 Å². The lowest BCUT2D eigenvalue weighted by Gasteiger charge is -2.46. The molecule has 0 radical (unpaired) electrons. The zero-order valence-corrected chi connectivity index (χ0v) is 19.0. The van der Waals surface area contributed by atoms with Crippen LogP contribution in [0.1, 0.15) is 36.0 Å². The molecule has 1 aliphatic heterocycles. The highest BCUT2D eigenvalue weighted by Crippen LogP contribution is 2.38. The van der Waals surface area contributed by atoms with Gasteiger partial charge in [0.2, 0.25) is 5.91 Å². The zero-order chi connectivity index (χ0) is 24.9. The second-order valence-electron chi connectivity index (χ2n) is 8.60. The van der Waals surface area contributed by atoms with E-state index in [1.807, 2.05) is 32.0 Å². The Morgan fingerprint density at radius 2 is 1.68 bits per heavy atom. The summed E-state index contributed by atoms with van der Waals surface area (Å²) in [4.78, 5) is 25.2. The number of hydrogen-bond acceptors (Lipinski definition) is 5. The summed E-state index contributed by atoms with van der Waals surface area (Å²) in [5, 5.41) is 12.0. The number of carbonyl (C=O) groups excluding carboxylic acids is 2. The van der Waals surface area contributed by atoms with Crippen molar-refractivity contribution in [3.63, 3.8) is 0 Å². The van der Waals surface area contributed by atoms with E-state index in [-0.39, 0.29) is 25.1 Å². The van der Waals surface area contributed by atoms with E-state index < -0.39 is 30.0 Å². The number of piperidine rings is 1. The molecule has 7 nitrogen and oxygen atoms in total. The fourth-order valence-electron chi connectivity index (χ4n) is 4.45. The molecule has 34 heavy (non-hydrogen) atoms. The van der Waals surface area contributed by atoms with Crippen molar-refractivity contribution in [3.05, 3.63) is 59.2 Å². The lowest BCUT2D eigenvalue weighted by atomic mass is 9.82. The van der Waals surface area contributed by atoms with E-state index in [4.69, 9.17) is 9.94 Å². The van der Waals surface area contributed by atoms with Crippen LogP contribution in [0.5, 0.6) is 5.75 Å². The van der Waals surface area contributed by atoms with Crippen LogP contribution in [0, 0.1) is 13.8 Å². The summed E-state index contributed by atoms with van der Waals surface area (Å²) in [7, 11) is 0. The average molecular weight is 479 g/mol. The first kappa shape index (κ1) is 25.5. The summed E-state index contributed by atoms with van der Waals surface area (Å²) in [6.07, 6.45) is -5.41. The lowest BCUT2D eigenvalue weighted by Crippen LogP contribution is -2.61. The van der Waals surface area contributed by atoms with E-state index in [0.717, 1.165) is 16.7 Å². The van der Waals surface area contributed by atoms with Crippen molar-refractivity contribution in [2.45, 2.75) is 51.4 Å². The van der Waals surface area contributed by atoms with E-state index >= 15 is 0 Å². The number of halogens is 3. The number of ether oxygens (including phenoxy) is 1. The van der Waals surface area contributed by atoms with Gasteiger partial charge in [-0.2, -0.15) is 13.2 Å². The van der Waals surface area contributed by atoms with Gasteiger partial charge in [0.05, 0.1) is 12.0 Å². The molecule has 0 spiro atoms. The molecule has 0 aromatic heterocycles. The van der Waals surface area contributed by atoms with Crippen LogP contribution in [-0.4, -0.2) is 41.8 Å². The third-order valence-electron chi connectivity index (χ3n) is 5.85. The highest BCUT2D eigenvalue weighted by molar-refractivity contribution is 5.99. The summed E-state index contributed by atoms with van der Waals surface area (Å²) < 4.78 is 46.6. The van der Waals surface area contributed by atoms with Crippen molar-refractivity contribution >= 4 is 17.5 Å². The number of hydrogen-bond donors (Lipinski definition) is 3. The van der Waals surface area contributed by atoms with Gasteiger partial charge in [0.1, 0.15) is 12.4 Å². The molecule has 0 aliphatic carbocycles. The molecule has 2 aromatic carbocycles. The van der Waals surface area contributed by atoms with Gasteiger partial charge in [-0.3, -0.25) is 19.7 Å². The van der Waals surface area contributed by atoms with Crippen molar-refractivity contribution in [2.24, 2.45) is 0 Å². The summed E-state index contributed by atoms with van der Waals surface area (Å²) in [6.45, 7) is 4.87. The molecule has 1 saturated heterocycles. The average Bonchev–Trinajstić information content (AvgIpc) is 2.78. The van der Waals surface area contributed by atoms with Gasteiger partial charge >= 0.3 is 12.1 Å². The minimum Gasteiger partial charge on any atom is -0.489 e. The molecule has 2 aromatic rings. The Balaban J connectivity index is 1.90. The molecular formula is C24H28F3N3O4. The first-order valence-electron chi connectivity index (χ1n) is 10.9. The molecule has 1 heterocycles. The van der Waals surface area contributed by atoms with Crippen LogP contribution in [0.2, 0.25) is 0 Å². The molecule has 1 aliphatic rings. The number of amides is 2. The zero-order valence-electron chi connectivity index (χ0n) is 19.0. The Morgan fingerprint density at radius 3 is 2.21 bits per heavy atom. The van der Waals surface area contributed by atoms with Gasteiger partial charge in [-0.1, -0.05) is 29.3 Å². The van der Waals surface area contributed by atoms with E-state index in [0.29, 0.717) is 23.7 Å². The van der Waals surface area contributed by atoms with Crippen molar-refractivity contribution in [2.75, 3.05) is 18.0 Å². The maximum Gasteiger partial charge on any atom is 0.471 e. The van der Waals surface area contributed by atoms with Crippen LogP contribution in [-0.2, 0) is 16.2 Å². The minimum absolute atomic E-state index is 0.00582. The molecule has 0 bridgehead atoms. The number of nitrogens with one attached hydrogen (secondary N) is 2. The molecular weight excluding hydrogens is 451 g/mol. The van der Waals surface area contributed by atoms with Crippen molar-refractivity contribution < 1.29 is 32.7 Å². The Bertz CT molecular complexity index is 999. The lowest BCUT2D eigenvalue weighted by molar-refractivity contribution is -0.172. The number of aryl methyl sites for hydroxylation is 2. The highest BCUT2D eigenvalue weighted by Gasteiger charge is 2.52. The second-order valence-corrected chi connectivity index (χ2v) is 8.60. The van der Waals surface area contributed by atoms with Crippen LogP contribution in [0.25, 0.3) is 0 Å². The molecule has 184 valence electrons. The number of alkyl halides is 3. The van der Waals surface area contributed by atoms with Crippen LogP contribution in [0.3, 0.4) is 0 Å². The van der Waals surface area contributed by atoms with E-state index in [9.17, 15) is 22.8 Å². The number of carbonyl (C=O) groups is 2. The normalized spacial score (nSPS) is 15.5. The van der Waals surface area contributed by atoms with Gasteiger partial charge in [-0.25, -0.2) is 5.48 Å². The minimum atomic E-state index is -5.15. The highest BCUT2D eigenvalue weighted by atomic mass is 19.4. The monoisotopic (exact) mass is 479 g/mol. The fourth-order valence-corrected chi connectivity index (χ4v) is 4.45. The van der Waals surface area contributed by atoms with Crippen LogP contribution < -0.4 is 20.4 Å². The van der Waals surface area contributed by atoms with Crippen molar-refractivity contribution in [3.8, 4) is 5.75 Å². The third kappa shape index (κ3) is 6.06. The Morgan fingerprint density at radius 1 is 1.09 bits per heavy atom. The molecule has 0 atom stereocenters. The maximum atomic E-state index is 13.6. The molecule has 2 amide bonds. The number of anilines is 1. The molecule has 3 N–H and O–H groups in total. The summed E-state index contributed by atoms with van der Waals surface area (Å²) in [5.74, 6) is -2.51. The van der Waals surface area contributed by atoms with Gasteiger partial charge in [0, 0.05) is 5.69 Å². The molecule has 0 saturated carbocycles. The number of hydroxylamine groups is 1. The largest absolute Gasteiger partial charge is 0.489 e. The molecule has 1 fully saturated rings. The van der Waals surface area contributed by atoms with Crippen molar-refractivity contribution in [1.29, 1.82) is 0 Å². The Hall–Kier alpha value is -3.11. The standard InChI is InChI=1S/C24H28F3N3O4/c1-16-11-17(2)13-18(12-16)15-34-20-5-3-19(4-6-20)30(22(32)24(25,26)27)23(14-21(31)29-33)7-9-28-10-8-23/h3-6,11-13,28,33H,7-10,14-15H2,1-2H3,(H,29,31). The SMILES string of the molecule is Cc1cc(C)cc(COc2ccc(N(C(=O)C(F)(F)F)C3(CC(=O)NO)CCNCC3)cc2)c1. The van der Waals surface area contributed by atoms with Crippen LogP contribution in [0.15, 0.2) is 42.5 Å². The van der Waals surface area contributed by atoms with E-state index in [1.165, 1.54) is 29.7 Å². The number of benzene rings is 2. The summed E-state index contributed by atoms with van der Waals surface area (Å²) in [6, 6.07) is 11.8. The van der Waals surface area contributed by atoms with E-state index in [1.54, 1.807) is 0 Å².